The van der Waals surface area contributed by atoms with Gasteiger partial charge < -0.3 is 0 Å². The summed E-state index contributed by atoms with van der Waals surface area (Å²) in [5.41, 5.74) is 1.04. The van der Waals surface area contributed by atoms with Crippen LogP contribution in [0.25, 0.3) is 11.0 Å². The van der Waals surface area contributed by atoms with Gasteiger partial charge in [0.25, 0.3) is 0 Å². The number of hydrogen-bond acceptors (Lipinski definition) is 4. The van der Waals surface area contributed by atoms with E-state index in [1.807, 2.05) is 13.8 Å². The summed E-state index contributed by atoms with van der Waals surface area (Å²) in [7, 11) is 0. The Morgan fingerprint density at radius 3 is 2.24 bits per heavy atom. The molecule has 2 aromatic rings. The van der Waals surface area contributed by atoms with E-state index in [1.165, 1.54) is 6.20 Å². The van der Waals surface area contributed by atoms with E-state index in [2.05, 4.69) is 27.6 Å². The molecule has 0 aliphatic carbocycles. The number of rotatable bonds is 0. The third-order valence-corrected chi connectivity index (χ3v) is 2.07. The molecule has 0 radical (unpaired) electrons. The Hall–Kier alpha value is -0.290. The molecule has 0 unspecified atom stereocenters. The minimum absolute atomic E-state index is 0.0848. The summed E-state index contributed by atoms with van der Waals surface area (Å²) in [4.78, 5) is 11.6. The van der Waals surface area contributed by atoms with Crippen LogP contribution >= 0.6 is 47.4 Å². The molecule has 7 heteroatoms. The van der Waals surface area contributed by atoms with E-state index in [1.54, 1.807) is 12.3 Å². The zero-order valence-electron chi connectivity index (χ0n) is 9.58. The van der Waals surface area contributed by atoms with Gasteiger partial charge in [-0.25, -0.2) is 15.0 Å². The fraction of sp³-hybridized carbons (Fsp3) is 0.300. The first kappa shape index (κ1) is 16.7. The van der Waals surface area contributed by atoms with Gasteiger partial charge in [-0.3, -0.25) is 0 Å². The molecule has 0 fully saturated rings. The Balaban J connectivity index is 0.000000581. The SMILES string of the molecule is CC.CS.Clc1cnc2c(Cl)nc(Cl)nc2c1. The topological polar surface area (TPSA) is 38.7 Å². The Bertz CT molecular complexity index is 474. The maximum atomic E-state index is 5.77. The normalized spacial score (nSPS) is 8.88. The van der Waals surface area contributed by atoms with Crippen LogP contribution in [0.5, 0.6) is 0 Å². The van der Waals surface area contributed by atoms with Gasteiger partial charge in [0.15, 0.2) is 5.15 Å². The second kappa shape index (κ2) is 8.75. The summed E-state index contributed by atoms with van der Waals surface area (Å²) in [6.45, 7) is 4.00. The third kappa shape index (κ3) is 4.84. The Labute approximate surface area is 121 Å². The van der Waals surface area contributed by atoms with Crippen molar-refractivity contribution >= 4 is 58.5 Å². The van der Waals surface area contributed by atoms with E-state index < -0.39 is 0 Å². The van der Waals surface area contributed by atoms with Crippen LogP contribution in [0.15, 0.2) is 12.3 Å². The van der Waals surface area contributed by atoms with Crippen LogP contribution in [0.2, 0.25) is 15.5 Å². The van der Waals surface area contributed by atoms with Gasteiger partial charge in [0.2, 0.25) is 5.28 Å². The number of pyridine rings is 1. The second-order valence-electron chi connectivity index (χ2n) is 2.30. The number of hydrogen-bond donors (Lipinski definition) is 1. The predicted molar refractivity (Wildman–Crippen MR) is 78.6 cm³/mol. The Morgan fingerprint density at radius 2 is 1.65 bits per heavy atom. The van der Waals surface area contributed by atoms with E-state index in [-0.39, 0.29) is 10.4 Å². The average Bonchev–Trinajstić information content (AvgIpc) is 2.33. The maximum absolute atomic E-state index is 5.77. The number of halogens is 3. The van der Waals surface area contributed by atoms with Crippen molar-refractivity contribution in [3.63, 3.8) is 0 Å². The molecule has 0 spiro atoms. The highest BCUT2D eigenvalue weighted by atomic mass is 35.5. The zero-order chi connectivity index (χ0) is 13.4. The second-order valence-corrected chi connectivity index (χ2v) is 3.44. The molecule has 3 nitrogen and oxygen atoms in total. The smallest absolute Gasteiger partial charge is 0.224 e. The highest BCUT2D eigenvalue weighted by Gasteiger charge is 2.05. The first-order valence-electron chi connectivity index (χ1n) is 4.76. The van der Waals surface area contributed by atoms with E-state index in [4.69, 9.17) is 34.8 Å². The lowest BCUT2D eigenvalue weighted by Gasteiger charge is -1.98. The van der Waals surface area contributed by atoms with Crippen LogP contribution in [0, 0.1) is 0 Å². The van der Waals surface area contributed by atoms with Gasteiger partial charge in [-0.1, -0.05) is 37.0 Å². The lowest BCUT2D eigenvalue weighted by molar-refractivity contribution is 1.20. The molecule has 0 aliphatic heterocycles. The monoisotopic (exact) mass is 311 g/mol. The van der Waals surface area contributed by atoms with Crippen molar-refractivity contribution in [1.82, 2.24) is 15.0 Å². The van der Waals surface area contributed by atoms with E-state index >= 15 is 0 Å². The van der Waals surface area contributed by atoms with Crippen molar-refractivity contribution in [1.29, 1.82) is 0 Å². The van der Waals surface area contributed by atoms with Crippen molar-refractivity contribution < 1.29 is 0 Å². The summed E-state index contributed by atoms with van der Waals surface area (Å²) in [6, 6.07) is 1.63. The van der Waals surface area contributed by atoms with E-state index in [0.29, 0.717) is 16.1 Å². The molecule has 2 aromatic heterocycles. The molecule has 0 atom stereocenters. The molecule has 0 saturated carbocycles. The van der Waals surface area contributed by atoms with Gasteiger partial charge in [-0.05, 0) is 23.9 Å². The van der Waals surface area contributed by atoms with E-state index in [9.17, 15) is 0 Å². The summed E-state index contributed by atoms with van der Waals surface area (Å²) in [5.74, 6) is 0. The number of nitrogens with zero attached hydrogens (tertiary/aromatic N) is 3. The molecule has 0 aromatic carbocycles. The van der Waals surface area contributed by atoms with Crippen LogP contribution in [-0.4, -0.2) is 21.2 Å². The third-order valence-electron chi connectivity index (χ3n) is 1.43. The van der Waals surface area contributed by atoms with Crippen LogP contribution in [0.1, 0.15) is 13.8 Å². The first-order chi connectivity index (χ1) is 8.16. The largest absolute Gasteiger partial charge is 0.250 e. The highest BCUT2D eigenvalue weighted by molar-refractivity contribution is 7.79. The van der Waals surface area contributed by atoms with Gasteiger partial charge >= 0.3 is 0 Å². The lowest BCUT2D eigenvalue weighted by Crippen LogP contribution is -1.88. The molecule has 94 valence electrons. The summed E-state index contributed by atoms with van der Waals surface area (Å²) >= 11 is 20.6. The molecule has 0 bridgehead atoms. The lowest BCUT2D eigenvalue weighted by atomic mass is 10.4. The van der Waals surface area contributed by atoms with E-state index in [0.717, 1.165) is 0 Å². The number of thiol groups is 1. The molecular formula is C10H12Cl3N3S. The fourth-order valence-corrected chi connectivity index (χ4v) is 1.53. The van der Waals surface area contributed by atoms with Crippen molar-refractivity contribution in [3.8, 4) is 0 Å². The highest BCUT2D eigenvalue weighted by Crippen LogP contribution is 2.21. The fourth-order valence-electron chi connectivity index (χ4n) is 0.931. The predicted octanol–water partition coefficient (Wildman–Crippen LogP) is 4.56. The molecule has 2 heterocycles. The number of aromatic nitrogens is 3. The summed E-state index contributed by atoms with van der Waals surface area (Å²) in [6.07, 6.45) is 3.17. The molecule has 0 aliphatic rings. The Morgan fingerprint density at radius 1 is 1.06 bits per heavy atom. The maximum Gasteiger partial charge on any atom is 0.224 e. The summed E-state index contributed by atoms with van der Waals surface area (Å²) < 4.78 is 0. The van der Waals surface area contributed by atoms with Crippen molar-refractivity contribution in [2.75, 3.05) is 6.26 Å². The van der Waals surface area contributed by atoms with Gasteiger partial charge in [0.05, 0.1) is 10.5 Å². The van der Waals surface area contributed by atoms with Crippen LogP contribution in [0.3, 0.4) is 0 Å². The van der Waals surface area contributed by atoms with Gasteiger partial charge in [0.1, 0.15) is 5.52 Å². The van der Waals surface area contributed by atoms with Crippen LogP contribution in [0.4, 0.5) is 0 Å². The van der Waals surface area contributed by atoms with Gasteiger partial charge in [-0.15, -0.1) is 0 Å². The minimum atomic E-state index is 0.0848. The molecule has 17 heavy (non-hydrogen) atoms. The minimum Gasteiger partial charge on any atom is -0.250 e. The average molecular weight is 313 g/mol. The quantitative estimate of drug-likeness (QED) is 0.440. The van der Waals surface area contributed by atoms with Crippen molar-refractivity contribution in [2.24, 2.45) is 0 Å². The Kier molecular flexibility index (Phi) is 8.60. The molecule has 0 amide bonds. The van der Waals surface area contributed by atoms with Gasteiger partial charge in [-0.2, -0.15) is 12.6 Å². The van der Waals surface area contributed by atoms with Crippen molar-refractivity contribution in [2.45, 2.75) is 13.8 Å². The van der Waals surface area contributed by atoms with Gasteiger partial charge in [0, 0.05) is 6.20 Å². The first-order valence-corrected chi connectivity index (χ1v) is 6.78. The van der Waals surface area contributed by atoms with Crippen LogP contribution < -0.4 is 0 Å². The van der Waals surface area contributed by atoms with Crippen LogP contribution in [-0.2, 0) is 0 Å². The molecule has 2 rings (SSSR count). The van der Waals surface area contributed by atoms with Crippen molar-refractivity contribution in [3.05, 3.63) is 27.7 Å². The zero-order valence-corrected chi connectivity index (χ0v) is 12.7. The molecular weight excluding hydrogens is 301 g/mol. The number of fused-ring (bicyclic) bond motifs is 1. The standard InChI is InChI=1S/C7H2Cl3N3.C2H6.CH4S/c8-3-1-4-5(11-2-3)6(9)13-7(10)12-4;2*1-2/h1-2H;1-2H3;2H,1H3. The molecule has 0 N–H and O–H groups in total. The molecule has 0 saturated heterocycles. The summed E-state index contributed by atoms with van der Waals surface area (Å²) in [5, 5.41) is 0.798.